The Labute approximate surface area is 133 Å². The SMILES string of the molecule is CCOC(=O)c1cc(C(C)C)sc1NC(=O)COC(=O)CC. The molecule has 0 unspecified atom stereocenters. The first-order valence-electron chi connectivity index (χ1n) is 7.15. The molecule has 7 heteroatoms. The van der Waals surface area contributed by atoms with Crippen molar-refractivity contribution in [2.24, 2.45) is 0 Å². The summed E-state index contributed by atoms with van der Waals surface area (Å²) in [4.78, 5) is 35.8. The number of rotatable bonds is 7. The summed E-state index contributed by atoms with van der Waals surface area (Å²) in [5, 5.41) is 3.02. The highest BCUT2D eigenvalue weighted by molar-refractivity contribution is 7.16. The molecule has 1 amide bonds. The van der Waals surface area contributed by atoms with Gasteiger partial charge in [0.05, 0.1) is 12.2 Å². The molecule has 122 valence electrons. The summed E-state index contributed by atoms with van der Waals surface area (Å²) in [5.41, 5.74) is 0.325. The number of hydrogen-bond donors (Lipinski definition) is 1. The van der Waals surface area contributed by atoms with Crippen molar-refractivity contribution in [3.05, 3.63) is 16.5 Å². The fourth-order valence-corrected chi connectivity index (χ4v) is 2.62. The van der Waals surface area contributed by atoms with Gasteiger partial charge in [0.1, 0.15) is 5.00 Å². The number of carbonyl (C=O) groups excluding carboxylic acids is 3. The fraction of sp³-hybridized carbons (Fsp3) is 0.533. The van der Waals surface area contributed by atoms with Crippen LogP contribution in [0.1, 0.15) is 55.3 Å². The van der Waals surface area contributed by atoms with Crippen LogP contribution in [0.4, 0.5) is 5.00 Å². The zero-order chi connectivity index (χ0) is 16.7. The van der Waals surface area contributed by atoms with E-state index in [1.165, 1.54) is 11.3 Å². The lowest BCUT2D eigenvalue weighted by Gasteiger charge is -2.06. The molecule has 0 aliphatic rings. The highest BCUT2D eigenvalue weighted by atomic mass is 32.1. The highest BCUT2D eigenvalue weighted by Gasteiger charge is 2.20. The number of thiophene rings is 1. The summed E-state index contributed by atoms with van der Waals surface area (Å²) in [7, 11) is 0. The minimum absolute atomic E-state index is 0.206. The van der Waals surface area contributed by atoms with Crippen LogP contribution in [0, 0.1) is 0 Å². The van der Waals surface area contributed by atoms with Crippen LogP contribution in [0.25, 0.3) is 0 Å². The first-order valence-corrected chi connectivity index (χ1v) is 7.96. The fourth-order valence-electron chi connectivity index (χ4n) is 1.56. The molecule has 1 aromatic heterocycles. The second-order valence-corrected chi connectivity index (χ2v) is 5.91. The molecule has 0 fully saturated rings. The Balaban J connectivity index is 2.85. The smallest absolute Gasteiger partial charge is 0.341 e. The van der Waals surface area contributed by atoms with E-state index in [0.717, 1.165) is 4.88 Å². The lowest BCUT2D eigenvalue weighted by atomic mass is 10.1. The van der Waals surface area contributed by atoms with Crippen molar-refractivity contribution in [2.75, 3.05) is 18.5 Å². The predicted octanol–water partition coefficient (Wildman–Crippen LogP) is 2.94. The quantitative estimate of drug-likeness (QED) is 0.779. The summed E-state index contributed by atoms with van der Waals surface area (Å²) >= 11 is 1.32. The molecule has 0 aliphatic heterocycles. The normalized spacial score (nSPS) is 10.4. The summed E-state index contributed by atoms with van der Waals surface area (Å²) < 4.78 is 9.75. The highest BCUT2D eigenvalue weighted by Crippen LogP contribution is 2.33. The Morgan fingerprint density at radius 2 is 1.91 bits per heavy atom. The molecule has 1 N–H and O–H groups in total. The van der Waals surface area contributed by atoms with Crippen LogP contribution in [0.5, 0.6) is 0 Å². The first kappa shape index (κ1) is 18.2. The number of amides is 1. The molecular weight excluding hydrogens is 306 g/mol. The molecule has 0 saturated carbocycles. The molecule has 0 atom stereocenters. The van der Waals surface area contributed by atoms with Crippen molar-refractivity contribution in [1.29, 1.82) is 0 Å². The third-order valence-electron chi connectivity index (χ3n) is 2.72. The van der Waals surface area contributed by atoms with E-state index >= 15 is 0 Å². The molecule has 0 aromatic carbocycles. The Morgan fingerprint density at radius 3 is 2.45 bits per heavy atom. The largest absolute Gasteiger partial charge is 0.462 e. The van der Waals surface area contributed by atoms with Crippen LogP contribution in [-0.4, -0.2) is 31.1 Å². The molecule has 0 saturated heterocycles. The minimum atomic E-state index is -0.482. The van der Waals surface area contributed by atoms with E-state index in [2.05, 4.69) is 5.32 Å². The predicted molar refractivity (Wildman–Crippen MR) is 84.2 cm³/mol. The zero-order valence-electron chi connectivity index (χ0n) is 13.2. The number of hydrogen-bond acceptors (Lipinski definition) is 6. The van der Waals surface area contributed by atoms with Gasteiger partial charge in [-0.3, -0.25) is 9.59 Å². The molecule has 22 heavy (non-hydrogen) atoms. The average Bonchev–Trinajstić information content (AvgIpc) is 2.89. The van der Waals surface area contributed by atoms with E-state index in [9.17, 15) is 14.4 Å². The molecule has 1 heterocycles. The van der Waals surface area contributed by atoms with Crippen LogP contribution < -0.4 is 5.32 Å². The van der Waals surface area contributed by atoms with Gasteiger partial charge in [0.2, 0.25) is 0 Å². The molecule has 0 aliphatic carbocycles. The summed E-state index contributed by atoms with van der Waals surface area (Å²) in [6.45, 7) is 7.24. The molecular formula is C15H21NO5S. The molecule has 0 bridgehead atoms. The lowest BCUT2D eigenvalue weighted by molar-refractivity contribution is -0.146. The summed E-state index contributed by atoms with van der Waals surface area (Å²) in [6.07, 6.45) is 0.206. The first-order chi connectivity index (χ1) is 10.4. The van der Waals surface area contributed by atoms with Crippen molar-refractivity contribution in [1.82, 2.24) is 0 Å². The van der Waals surface area contributed by atoms with Crippen LogP contribution >= 0.6 is 11.3 Å². The van der Waals surface area contributed by atoms with Gasteiger partial charge in [0, 0.05) is 11.3 Å². The zero-order valence-corrected chi connectivity index (χ0v) is 14.0. The van der Waals surface area contributed by atoms with Gasteiger partial charge < -0.3 is 14.8 Å². The number of ether oxygens (including phenoxy) is 2. The van der Waals surface area contributed by atoms with Gasteiger partial charge in [-0.1, -0.05) is 20.8 Å². The van der Waals surface area contributed by atoms with Crippen LogP contribution in [0.15, 0.2) is 6.07 Å². The van der Waals surface area contributed by atoms with Crippen molar-refractivity contribution < 1.29 is 23.9 Å². The second-order valence-electron chi connectivity index (χ2n) is 4.83. The third-order valence-corrected chi connectivity index (χ3v) is 4.07. The number of anilines is 1. The molecule has 1 rings (SSSR count). The number of esters is 2. The Bertz CT molecular complexity index is 550. The van der Waals surface area contributed by atoms with Crippen molar-refractivity contribution >= 4 is 34.2 Å². The standard InChI is InChI=1S/C15H21NO5S/c1-5-13(18)21-8-12(17)16-14-10(15(19)20-6-2)7-11(22-14)9(3)4/h7,9H,5-6,8H2,1-4H3,(H,16,17). The monoisotopic (exact) mass is 327 g/mol. The van der Waals surface area contributed by atoms with E-state index < -0.39 is 17.8 Å². The third kappa shape index (κ3) is 5.14. The van der Waals surface area contributed by atoms with Gasteiger partial charge in [0.25, 0.3) is 5.91 Å². The number of nitrogens with one attached hydrogen (secondary N) is 1. The second kappa shape index (κ2) is 8.53. The van der Waals surface area contributed by atoms with E-state index in [4.69, 9.17) is 9.47 Å². The van der Waals surface area contributed by atoms with Gasteiger partial charge >= 0.3 is 11.9 Å². The number of carbonyl (C=O) groups is 3. The summed E-state index contributed by atoms with van der Waals surface area (Å²) in [5.74, 6) is -1.19. The molecule has 0 spiro atoms. The lowest BCUT2D eigenvalue weighted by Crippen LogP contribution is -2.21. The van der Waals surface area contributed by atoms with Crippen molar-refractivity contribution in [3.8, 4) is 0 Å². The van der Waals surface area contributed by atoms with Gasteiger partial charge in [-0.2, -0.15) is 0 Å². The van der Waals surface area contributed by atoms with Gasteiger partial charge in [-0.05, 0) is 18.9 Å². The van der Waals surface area contributed by atoms with Gasteiger partial charge in [-0.15, -0.1) is 11.3 Å². The topological polar surface area (TPSA) is 81.7 Å². The van der Waals surface area contributed by atoms with Crippen molar-refractivity contribution in [2.45, 2.75) is 40.0 Å². The van der Waals surface area contributed by atoms with E-state index in [0.29, 0.717) is 10.6 Å². The maximum absolute atomic E-state index is 11.9. The van der Waals surface area contributed by atoms with Crippen LogP contribution in [0.2, 0.25) is 0 Å². The Kier molecular flexibility index (Phi) is 7.04. The van der Waals surface area contributed by atoms with E-state index in [-0.39, 0.29) is 25.6 Å². The maximum Gasteiger partial charge on any atom is 0.341 e. The summed E-state index contributed by atoms with van der Waals surface area (Å²) in [6, 6.07) is 1.72. The van der Waals surface area contributed by atoms with Crippen LogP contribution in [-0.2, 0) is 19.1 Å². The van der Waals surface area contributed by atoms with E-state index in [1.807, 2.05) is 13.8 Å². The maximum atomic E-state index is 11.9. The van der Waals surface area contributed by atoms with Crippen molar-refractivity contribution in [3.63, 3.8) is 0 Å². The Morgan fingerprint density at radius 1 is 1.23 bits per heavy atom. The van der Waals surface area contributed by atoms with Gasteiger partial charge in [0.15, 0.2) is 6.61 Å². The molecule has 1 aromatic rings. The van der Waals surface area contributed by atoms with E-state index in [1.54, 1.807) is 19.9 Å². The minimum Gasteiger partial charge on any atom is -0.462 e. The molecule has 0 radical (unpaired) electrons. The van der Waals surface area contributed by atoms with Gasteiger partial charge in [-0.25, -0.2) is 4.79 Å². The molecule has 6 nitrogen and oxygen atoms in total. The van der Waals surface area contributed by atoms with Crippen LogP contribution in [0.3, 0.4) is 0 Å². The Hall–Kier alpha value is -1.89. The average molecular weight is 327 g/mol.